The van der Waals surface area contributed by atoms with Crippen molar-refractivity contribution in [3.63, 3.8) is 0 Å². The molecule has 1 atom stereocenters. The molecule has 0 saturated carbocycles. The molecule has 0 aromatic carbocycles. The monoisotopic (exact) mass is 350 g/mol. The molecule has 0 aliphatic carbocycles. The maximum absolute atomic E-state index is 12.8. The largest absolute Gasteiger partial charge is 0.337 e. The van der Waals surface area contributed by atoms with Crippen LogP contribution in [0.1, 0.15) is 19.3 Å². The molecule has 0 radical (unpaired) electrons. The van der Waals surface area contributed by atoms with Gasteiger partial charge in [-0.25, -0.2) is 8.42 Å². The third kappa shape index (κ3) is 3.00. The summed E-state index contributed by atoms with van der Waals surface area (Å²) in [7, 11) is -3.36. The molecule has 0 bridgehead atoms. The van der Waals surface area contributed by atoms with E-state index in [2.05, 4.69) is 9.30 Å². The van der Waals surface area contributed by atoms with Crippen molar-refractivity contribution in [2.75, 3.05) is 38.5 Å². The van der Waals surface area contributed by atoms with Gasteiger partial charge in [0.2, 0.25) is 0 Å². The van der Waals surface area contributed by atoms with Crippen LogP contribution in [0.3, 0.4) is 0 Å². The molecule has 1 amide bonds. The van der Waals surface area contributed by atoms with Crippen molar-refractivity contribution in [3.8, 4) is 0 Å². The first-order valence-corrected chi connectivity index (χ1v) is 10.2. The number of hydrogen-bond acceptors (Lipinski definition) is 5. The molecule has 2 saturated heterocycles. The molecule has 4 aliphatic rings. The Morgan fingerprint density at radius 1 is 1.12 bits per heavy atom. The second kappa shape index (κ2) is 6.00. The number of hydrogen-bond donors (Lipinski definition) is 0. The van der Waals surface area contributed by atoms with Gasteiger partial charge in [0.15, 0.2) is 0 Å². The summed E-state index contributed by atoms with van der Waals surface area (Å²) in [6.45, 7) is 4.23. The first kappa shape index (κ1) is 15.8. The van der Waals surface area contributed by atoms with Gasteiger partial charge in [0, 0.05) is 31.9 Å². The normalized spacial score (nSPS) is 29.4. The average Bonchev–Trinajstić information content (AvgIpc) is 3.24. The lowest BCUT2D eigenvalue weighted by Crippen LogP contribution is -2.40. The Labute approximate surface area is 142 Å². The second-order valence-corrected chi connectivity index (χ2v) is 8.54. The van der Waals surface area contributed by atoms with Crippen LogP contribution in [-0.4, -0.2) is 79.4 Å². The predicted octanol–water partition coefficient (Wildman–Crippen LogP) is 0.181. The van der Waals surface area contributed by atoms with Gasteiger partial charge in [-0.2, -0.15) is 0 Å². The molecule has 0 aromatic heterocycles. The molecule has 0 spiro atoms. The number of fused-ring (bicyclic) bond motifs is 1. The lowest BCUT2D eigenvalue weighted by Gasteiger charge is -2.28. The Morgan fingerprint density at radius 2 is 1.92 bits per heavy atom. The first-order chi connectivity index (χ1) is 11.5. The van der Waals surface area contributed by atoms with Gasteiger partial charge in [0.1, 0.15) is 5.84 Å². The predicted molar refractivity (Wildman–Crippen MR) is 90.9 cm³/mol. The molecule has 8 heteroatoms. The van der Waals surface area contributed by atoms with Crippen molar-refractivity contribution < 1.29 is 13.2 Å². The average molecular weight is 350 g/mol. The minimum absolute atomic E-state index is 0.0109. The fourth-order valence-corrected chi connectivity index (χ4v) is 4.81. The molecule has 0 aromatic rings. The number of carbonyl (C=O) groups excluding carboxylic acids is 1. The summed E-state index contributed by atoms with van der Waals surface area (Å²) in [5.41, 5.74) is 0.607. The molecule has 4 aliphatic heterocycles. The number of sulfonamides is 1. The van der Waals surface area contributed by atoms with E-state index in [4.69, 9.17) is 0 Å². The summed E-state index contributed by atoms with van der Waals surface area (Å²) >= 11 is 0. The molecule has 24 heavy (non-hydrogen) atoms. The smallest absolute Gasteiger partial charge is 0.256 e. The van der Waals surface area contributed by atoms with Crippen molar-refractivity contribution in [1.82, 2.24) is 14.7 Å². The van der Waals surface area contributed by atoms with Gasteiger partial charge in [-0.05, 0) is 44.5 Å². The topological polar surface area (TPSA) is 73.3 Å². The quantitative estimate of drug-likeness (QED) is 0.710. The van der Waals surface area contributed by atoms with Crippen LogP contribution in [-0.2, 0) is 14.8 Å². The highest BCUT2D eigenvalue weighted by Gasteiger charge is 2.33. The van der Waals surface area contributed by atoms with Crippen LogP contribution in [0, 0.1) is 0 Å². The standard InChI is InChI=1S/C16H22N4O3S/c21-16(20-8-5-14(12-20)18-6-1-2-7-18)13-3-4-15-17-24(22,23)10-9-19(15)11-13/h3-4,11,14H,1-2,5-10,12H2. The van der Waals surface area contributed by atoms with Gasteiger partial charge >= 0.3 is 0 Å². The zero-order chi connectivity index (χ0) is 16.7. The van der Waals surface area contributed by atoms with Crippen molar-refractivity contribution in [2.24, 2.45) is 4.40 Å². The molecule has 130 valence electrons. The molecule has 4 rings (SSSR count). The van der Waals surface area contributed by atoms with E-state index in [-0.39, 0.29) is 11.7 Å². The van der Waals surface area contributed by atoms with Gasteiger partial charge in [-0.15, -0.1) is 4.40 Å². The van der Waals surface area contributed by atoms with Crippen LogP contribution in [0.15, 0.2) is 28.3 Å². The van der Waals surface area contributed by atoms with Gasteiger partial charge in [-0.1, -0.05) is 0 Å². The molecular formula is C16H22N4O3S. The van der Waals surface area contributed by atoms with E-state index in [1.807, 2.05) is 4.90 Å². The Morgan fingerprint density at radius 3 is 2.71 bits per heavy atom. The molecule has 1 unspecified atom stereocenters. The minimum atomic E-state index is -3.36. The highest BCUT2D eigenvalue weighted by Crippen LogP contribution is 2.23. The van der Waals surface area contributed by atoms with Crippen molar-refractivity contribution in [3.05, 3.63) is 23.9 Å². The van der Waals surface area contributed by atoms with Crippen molar-refractivity contribution in [2.45, 2.75) is 25.3 Å². The highest BCUT2D eigenvalue weighted by atomic mass is 32.2. The molecule has 7 nitrogen and oxygen atoms in total. The molecular weight excluding hydrogens is 328 g/mol. The first-order valence-electron chi connectivity index (χ1n) is 8.54. The van der Waals surface area contributed by atoms with E-state index in [0.717, 1.165) is 32.6 Å². The fourth-order valence-electron chi connectivity index (χ4n) is 3.84. The minimum Gasteiger partial charge on any atom is -0.337 e. The van der Waals surface area contributed by atoms with Crippen LogP contribution < -0.4 is 0 Å². The lowest BCUT2D eigenvalue weighted by atomic mass is 10.1. The van der Waals surface area contributed by atoms with E-state index in [1.54, 1.807) is 23.3 Å². The van der Waals surface area contributed by atoms with E-state index < -0.39 is 10.0 Å². The van der Waals surface area contributed by atoms with Crippen LogP contribution >= 0.6 is 0 Å². The number of amidine groups is 1. The van der Waals surface area contributed by atoms with E-state index in [1.165, 1.54) is 12.8 Å². The number of likely N-dealkylation sites (tertiary alicyclic amines) is 2. The van der Waals surface area contributed by atoms with Crippen LogP contribution in [0.25, 0.3) is 0 Å². The number of nitrogens with zero attached hydrogens (tertiary/aromatic N) is 4. The summed E-state index contributed by atoms with van der Waals surface area (Å²) < 4.78 is 26.8. The van der Waals surface area contributed by atoms with Crippen molar-refractivity contribution in [1.29, 1.82) is 0 Å². The van der Waals surface area contributed by atoms with Gasteiger partial charge in [-0.3, -0.25) is 9.69 Å². The van der Waals surface area contributed by atoms with Crippen LogP contribution in [0.5, 0.6) is 0 Å². The Kier molecular flexibility index (Phi) is 3.96. The van der Waals surface area contributed by atoms with E-state index >= 15 is 0 Å². The molecule has 0 N–H and O–H groups in total. The Hall–Kier alpha value is -1.67. The third-order valence-corrected chi connectivity index (χ3v) is 6.34. The van der Waals surface area contributed by atoms with Crippen LogP contribution in [0.2, 0.25) is 0 Å². The Balaban J connectivity index is 1.44. The number of amides is 1. The zero-order valence-electron chi connectivity index (χ0n) is 13.6. The lowest BCUT2D eigenvalue weighted by molar-refractivity contribution is -0.126. The van der Waals surface area contributed by atoms with Crippen molar-refractivity contribution >= 4 is 21.8 Å². The maximum atomic E-state index is 12.8. The van der Waals surface area contributed by atoms with E-state index in [9.17, 15) is 13.2 Å². The summed E-state index contributed by atoms with van der Waals surface area (Å²) in [5.74, 6) is 0.415. The molecule has 2 fully saturated rings. The highest BCUT2D eigenvalue weighted by molar-refractivity contribution is 7.90. The van der Waals surface area contributed by atoms with E-state index in [0.29, 0.717) is 24.0 Å². The summed E-state index contributed by atoms with van der Waals surface area (Å²) in [6.07, 6.45) is 8.60. The maximum Gasteiger partial charge on any atom is 0.256 e. The SMILES string of the molecule is O=C(C1=CN2CCS(=O)(=O)N=C2C=C1)N1CCC(N2CCCC2)C1. The fraction of sp³-hybridized carbons (Fsp3) is 0.625. The summed E-state index contributed by atoms with van der Waals surface area (Å²) in [5, 5.41) is 0. The number of rotatable bonds is 2. The zero-order valence-corrected chi connectivity index (χ0v) is 14.4. The Bertz CT molecular complexity index is 734. The summed E-state index contributed by atoms with van der Waals surface area (Å²) in [6, 6.07) is 0.488. The number of carbonyl (C=O) groups is 1. The van der Waals surface area contributed by atoms with Gasteiger partial charge in [0.05, 0.1) is 11.3 Å². The van der Waals surface area contributed by atoms with Crippen LogP contribution in [0.4, 0.5) is 0 Å². The molecule has 4 heterocycles. The summed E-state index contributed by atoms with van der Waals surface area (Å²) in [4.78, 5) is 18.9. The third-order valence-electron chi connectivity index (χ3n) is 5.18. The van der Waals surface area contributed by atoms with Gasteiger partial charge < -0.3 is 9.80 Å². The van der Waals surface area contributed by atoms with Gasteiger partial charge in [0.25, 0.3) is 15.9 Å². The second-order valence-electron chi connectivity index (χ2n) is 6.78.